The molecule has 1 aliphatic carbocycles. The Bertz CT molecular complexity index is 6760. The number of carbonyl (C=O) groups is 18. The van der Waals surface area contributed by atoms with Crippen molar-refractivity contribution in [3.05, 3.63) is 286 Å². The zero-order valence-electron chi connectivity index (χ0n) is 79.0. The predicted molar refractivity (Wildman–Crippen MR) is 543 cm³/mol. The number of amides is 20. The molecule has 0 radical (unpaired) electrons. The topological polar surface area (TPSA) is 444 Å². The second-order valence-corrected chi connectivity index (χ2v) is 36.8. The Morgan fingerprint density at radius 1 is 0.448 bits per heavy atom. The van der Waals surface area contributed by atoms with Crippen LogP contribution in [0.25, 0.3) is 36.5 Å². The summed E-state index contributed by atoms with van der Waals surface area (Å²) in [5, 5.41) is 8.77. The zero-order valence-corrected chi connectivity index (χ0v) is 83.0. The van der Waals surface area contributed by atoms with E-state index in [1.54, 1.807) is 109 Å². The van der Waals surface area contributed by atoms with Crippen molar-refractivity contribution in [2.75, 3.05) is 131 Å². The van der Waals surface area contributed by atoms with E-state index in [4.69, 9.17) is 28.1 Å². The Kier molecular flexibility index (Phi) is 34.4. The second kappa shape index (κ2) is 47.8. The van der Waals surface area contributed by atoms with Gasteiger partial charge in [-0.05, 0) is 229 Å². The molecule has 145 heavy (non-hydrogen) atoms. The number of benzene rings is 7. The van der Waals surface area contributed by atoms with Crippen molar-refractivity contribution in [3.63, 3.8) is 0 Å². The van der Waals surface area contributed by atoms with Crippen LogP contribution in [0.4, 0.5) is 53.3 Å². The summed E-state index contributed by atoms with van der Waals surface area (Å²) in [6.07, 6.45) is 16.9. The monoisotopic (exact) mass is 2110 g/mol. The first-order valence-electron chi connectivity index (χ1n) is 45.4. The number of anilines is 6. The lowest BCUT2D eigenvalue weighted by Gasteiger charge is -2.33. The normalized spacial score (nSPS) is 18.2. The van der Waals surface area contributed by atoms with Crippen LogP contribution in [-0.2, 0) is 76.6 Å². The number of nitrogens with one attached hydrogen (secondary N) is 4. The molecule has 8 fully saturated rings. The van der Waals surface area contributed by atoms with Crippen LogP contribution in [0.1, 0.15) is 83.4 Å². The Hall–Kier alpha value is -16.6. The lowest BCUT2D eigenvalue weighted by molar-refractivity contribution is -0.137. The van der Waals surface area contributed by atoms with Crippen molar-refractivity contribution in [2.45, 2.75) is 51.9 Å². The van der Waals surface area contributed by atoms with Crippen molar-refractivity contribution >= 4 is 220 Å². The minimum atomic E-state index is -0.810. The van der Waals surface area contributed by atoms with Crippen molar-refractivity contribution in [1.82, 2.24) is 36.0 Å². The quantitative estimate of drug-likeness (QED) is 0.0229. The third-order valence-corrected chi connectivity index (χ3v) is 25.6. The lowest BCUT2D eigenvalue weighted by Crippen LogP contribution is -2.57. The van der Waals surface area contributed by atoms with Gasteiger partial charge in [-0.2, -0.15) is 0 Å². The molecule has 8 saturated heterocycles. The number of carbonyl (C=O) groups excluding carboxylic acids is 18. The second-order valence-electron chi connectivity index (χ2n) is 33.4. The van der Waals surface area contributed by atoms with Crippen molar-refractivity contribution in [1.29, 1.82) is 0 Å². The van der Waals surface area contributed by atoms with E-state index in [1.807, 2.05) is 98.7 Å². The van der Waals surface area contributed by atoms with E-state index in [-0.39, 0.29) is 65.3 Å². The smallest absolute Gasteiger partial charge is 0.343 e. The van der Waals surface area contributed by atoms with Gasteiger partial charge < -0.3 is 42.8 Å². The third-order valence-electron chi connectivity index (χ3n) is 23.5. The Balaban J connectivity index is 0.000000139. The molecule has 0 unspecified atom stereocenters. The number of methoxy groups -OCH3 is 1. The molecule has 9 aromatic rings. The minimum Gasteiger partial charge on any atom is -0.496 e. The van der Waals surface area contributed by atoms with Crippen LogP contribution in [0.3, 0.4) is 0 Å². The number of halogens is 2. The molecule has 19 rings (SSSR count). The summed E-state index contributed by atoms with van der Waals surface area (Å²) in [6.45, 7) is 8.38. The maximum absolute atomic E-state index is 13.2. The van der Waals surface area contributed by atoms with Crippen molar-refractivity contribution < 1.29 is 114 Å². The summed E-state index contributed by atoms with van der Waals surface area (Å²) < 4.78 is 33.6. The fourth-order valence-electron chi connectivity index (χ4n) is 15.9. The molecule has 4 N–H and O–H groups in total. The maximum atomic E-state index is 13.2. The molecule has 10 aliphatic rings. The van der Waals surface area contributed by atoms with Crippen LogP contribution in [0, 0.1) is 6.92 Å². The predicted octanol–water partition coefficient (Wildman–Crippen LogP) is 13.1. The number of imide groups is 10. The van der Waals surface area contributed by atoms with Crippen LogP contribution >= 0.6 is 43.2 Å². The number of para-hydroxylation sites is 2. The van der Waals surface area contributed by atoms with Crippen LogP contribution in [0.2, 0.25) is 0 Å². The Morgan fingerprint density at radius 2 is 0.972 bits per heavy atom. The number of likely N-dealkylation sites (N-methyl/N-ethyl adjacent to an activating group) is 2. The van der Waals surface area contributed by atoms with Crippen LogP contribution in [0.5, 0.6) is 17.2 Å². The molecule has 37 nitrogen and oxygen atoms in total. The maximum Gasteiger partial charge on any atom is 0.343 e. The lowest BCUT2D eigenvalue weighted by atomic mass is 9.97. The molecule has 40 heteroatoms. The summed E-state index contributed by atoms with van der Waals surface area (Å²) in [5.74, 6) is -6.63. The van der Waals surface area contributed by atoms with Crippen LogP contribution < -0.4 is 64.9 Å². The highest BCUT2D eigenvalue weighted by Gasteiger charge is 2.45. The summed E-state index contributed by atoms with van der Waals surface area (Å²) >= 11 is 8.07. The van der Waals surface area contributed by atoms with Gasteiger partial charge in [0.1, 0.15) is 33.8 Å². The van der Waals surface area contributed by atoms with Gasteiger partial charge in [0.2, 0.25) is 18.6 Å². The summed E-state index contributed by atoms with van der Waals surface area (Å²) in [4.78, 5) is 232. The van der Waals surface area contributed by atoms with Crippen LogP contribution in [0.15, 0.2) is 252 Å². The van der Waals surface area contributed by atoms with Gasteiger partial charge in [-0.25, -0.2) is 33.9 Å². The number of piperidine rings is 2. The standard InChI is InChI=1S/C23H21N3O6.C21H14N2O4.C20H21BrN2O4.C16H16N2O4.C15H17N3O3.C10H6BrNO3S/c1-14-10-16(25-6-8-30-9-7-25)3-2-15(14)11-18-21(27)24-23(29)26(22(18)28)17-4-5-19-20(12-17)32-13-31-19;24-19-18(14-17-12-7-13-27-17)20(25)23(16-10-5-2-6-11-16)21(26)22(19)15-8-3-1-4-9-15;1-27-17-8-7-15(21)11-14(17)12-16-18(24)22-20(26)23(19(16)25)10-9-13-5-3-2-4-6-13;19-14-10-15(20)17-16(21)13(14)9-11-1-3-12(4-2-11)18-5-7-22-8-6-18;1-16(2)11-7-5-10(6-8-11)9-12-13(19)17(3)15(21)18(4)14(12)20;11-8-2-1-5(16-8)3-6-7(13)4-9(14)12-10(6)15/h2-5,10-12H,6-9,13H2,1H3,(H,24,27,29);1-14H;5,7-8,11-12H,2-4,6,9-10H2,1H3,(H,22,24,26);1-4,9H,5-8,10H2,(H,17,20,21);5-9H,1-4H3;1-3H,4H2,(H,12,14,15)/b18-11-;;16-12-;13-9+;;6-3+. The number of ether oxygens (including phenoxy) is 5. The average molecular weight is 2110 g/mol. The Labute approximate surface area is 851 Å². The zero-order chi connectivity index (χ0) is 103. The van der Waals surface area contributed by atoms with Gasteiger partial charge in [-0.3, -0.25) is 103 Å². The fourth-order valence-corrected chi connectivity index (χ4v) is 17.6. The van der Waals surface area contributed by atoms with Gasteiger partial charge in [-0.15, -0.1) is 11.3 Å². The van der Waals surface area contributed by atoms with Gasteiger partial charge in [0.15, 0.2) is 23.1 Å². The first kappa shape index (κ1) is 104. The number of aryl methyl sites for hydroxylation is 1. The molecule has 0 atom stereocenters. The number of allylic oxidation sites excluding steroid dienone is 1. The molecule has 0 bridgehead atoms. The SMILES string of the molecule is CN1C(=O)C(=Cc2ccc(N(C)C)cc2)C(=O)N(C)C1=O.COc1ccc(Br)cc1/C=C1/C(=O)NC(=O)N(CCC2=CCCCC2)C1=O.Cc1cc(N2CCOCC2)ccc1/C=C1/C(=O)NC(=O)N(c2ccc3c(c2)OCO3)C1=O.O=C1C(=Cc2ccco2)C(=O)N(c2ccccc2)C(=O)N1c1ccccc1.O=C1CC(=O)/C(=C\c2ccc(Br)s2)C(=O)N1.O=C1CC(=O)/C(=C\c2ccc(N3CCOCC3)cc2)C(=O)N1. The largest absolute Gasteiger partial charge is 0.496 e. The molecule has 2 aromatic heterocycles. The number of barbiturate groups is 4. The van der Waals surface area contributed by atoms with Gasteiger partial charge in [0, 0.05) is 99.0 Å². The molecule has 9 aliphatic heterocycles. The highest BCUT2D eigenvalue weighted by Crippen LogP contribution is 2.39. The Morgan fingerprint density at radius 3 is 1.52 bits per heavy atom. The third kappa shape index (κ3) is 25.7. The van der Waals surface area contributed by atoms with Gasteiger partial charge in [0.25, 0.3) is 59.1 Å². The number of rotatable bonds is 16. The first-order chi connectivity index (χ1) is 69.7. The number of furan rings is 1. The van der Waals surface area contributed by atoms with Crippen LogP contribution in [-0.4, -0.2) is 223 Å². The number of nitrogens with zero attached hydrogens (tertiary/aromatic N) is 9. The van der Waals surface area contributed by atoms with E-state index in [2.05, 4.69) is 69.0 Å². The number of morpholine rings is 2. The summed E-state index contributed by atoms with van der Waals surface area (Å²) in [7, 11) is 8.09. The van der Waals surface area contributed by atoms with E-state index in [9.17, 15) is 86.3 Å². The molecule has 7 aromatic carbocycles. The number of hydrogen-bond acceptors (Lipinski definition) is 28. The molecule has 0 spiro atoms. The molecular formula is C105H95Br2N13O24S. The number of thiophene rings is 1. The number of urea groups is 4. The molecule has 0 saturated carbocycles. The van der Waals surface area contributed by atoms with Gasteiger partial charge in [0.05, 0.1) is 84.6 Å². The number of fused-ring (bicyclic) bond motifs is 1. The van der Waals surface area contributed by atoms with Crippen molar-refractivity contribution in [3.8, 4) is 17.2 Å². The molecular weight excluding hydrogens is 2020 g/mol. The van der Waals surface area contributed by atoms with E-state index in [0.29, 0.717) is 72.8 Å². The molecule has 11 heterocycles. The van der Waals surface area contributed by atoms with Gasteiger partial charge >= 0.3 is 24.1 Å². The number of hydrogen-bond donors (Lipinski definition) is 4. The first-order valence-corrected chi connectivity index (χ1v) is 47.8. The minimum absolute atomic E-state index is 0.0165. The summed E-state index contributed by atoms with van der Waals surface area (Å²) in [6, 6.07) is 52.0. The molecule has 20 amide bonds. The van der Waals surface area contributed by atoms with E-state index in [0.717, 1.165) is 127 Å². The van der Waals surface area contributed by atoms with Gasteiger partial charge in [-0.1, -0.05) is 94.3 Å². The fraction of sp³-hybridized carbons (Fsp3) is 0.219. The van der Waals surface area contributed by atoms with E-state index < -0.39 is 107 Å². The number of ketones is 2. The number of Topliss-reactive ketones (excluding diaryl/α,β-unsaturated/α-hetero) is 2. The highest BCUT2D eigenvalue weighted by atomic mass is 79.9. The molecule has 744 valence electrons. The highest BCUT2D eigenvalue weighted by molar-refractivity contribution is 9.11. The van der Waals surface area contributed by atoms with Crippen molar-refractivity contribution in [2.24, 2.45) is 0 Å². The average Bonchev–Trinajstić information content (AvgIpc) is 1.29. The summed E-state index contributed by atoms with van der Waals surface area (Å²) in [5.41, 5.74) is 8.86. The van der Waals surface area contributed by atoms with E-state index >= 15 is 0 Å². The van der Waals surface area contributed by atoms with E-state index in [1.165, 1.54) is 93.3 Å².